The molecule has 0 N–H and O–H groups in total. The van der Waals surface area contributed by atoms with Gasteiger partial charge in [-0.3, -0.25) is 4.79 Å². The van der Waals surface area contributed by atoms with E-state index in [0.29, 0.717) is 19.4 Å². The van der Waals surface area contributed by atoms with Gasteiger partial charge >= 0.3 is 0 Å². The molecule has 3 unspecified atom stereocenters. The summed E-state index contributed by atoms with van der Waals surface area (Å²) in [5.41, 5.74) is -0.166. The quantitative estimate of drug-likeness (QED) is 0.784. The van der Waals surface area contributed by atoms with Crippen LogP contribution in [0.4, 0.5) is 0 Å². The molecule has 2 fully saturated rings. The van der Waals surface area contributed by atoms with Gasteiger partial charge in [-0.2, -0.15) is 11.8 Å². The second-order valence-electron chi connectivity index (χ2n) is 5.40. The zero-order valence-corrected chi connectivity index (χ0v) is 12.5. The molecule has 0 aromatic heterocycles. The standard InChI is InChI=1S/C12H20O4S2/c1-9(18(2,14)15)11(13)10-3-5-16-12(7-10)4-6-17-8-12/h9-10H,3-8H2,1-2H3. The molecule has 2 aliphatic rings. The average molecular weight is 292 g/mol. The summed E-state index contributed by atoms with van der Waals surface area (Å²) in [6.45, 7) is 2.08. The van der Waals surface area contributed by atoms with Crippen LogP contribution < -0.4 is 0 Å². The van der Waals surface area contributed by atoms with Gasteiger partial charge in [-0.15, -0.1) is 0 Å². The number of hydrogen-bond donors (Lipinski definition) is 0. The third-order valence-electron chi connectivity index (χ3n) is 4.01. The van der Waals surface area contributed by atoms with Crippen LogP contribution in [0, 0.1) is 5.92 Å². The molecule has 2 aliphatic heterocycles. The smallest absolute Gasteiger partial charge is 0.157 e. The molecule has 104 valence electrons. The van der Waals surface area contributed by atoms with Gasteiger partial charge in [-0.25, -0.2) is 8.42 Å². The second-order valence-corrected chi connectivity index (χ2v) is 8.87. The lowest BCUT2D eigenvalue weighted by Crippen LogP contribution is -2.44. The van der Waals surface area contributed by atoms with E-state index < -0.39 is 15.1 Å². The van der Waals surface area contributed by atoms with Crippen molar-refractivity contribution in [2.24, 2.45) is 5.92 Å². The topological polar surface area (TPSA) is 60.4 Å². The van der Waals surface area contributed by atoms with Gasteiger partial charge in [0.05, 0.1) is 5.60 Å². The Labute approximate surface area is 113 Å². The van der Waals surface area contributed by atoms with Gasteiger partial charge in [0.1, 0.15) is 5.25 Å². The monoisotopic (exact) mass is 292 g/mol. The van der Waals surface area contributed by atoms with E-state index in [1.807, 2.05) is 11.8 Å². The third-order valence-corrected chi connectivity index (χ3v) is 6.75. The van der Waals surface area contributed by atoms with E-state index in [0.717, 1.165) is 24.2 Å². The van der Waals surface area contributed by atoms with Gasteiger partial charge in [-0.1, -0.05) is 0 Å². The molecule has 0 saturated carbocycles. The summed E-state index contributed by atoms with van der Waals surface area (Å²) in [5, 5.41) is -0.883. The van der Waals surface area contributed by atoms with Crippen LogP contribution in [0.15, 0.2) is 0 Å². The Bertz CT molecular complexity index is 423. The molecule has 4 nitrogen and oxygen atoms in total. The van der Waals surface area contributed by atoms with Gasteiger partial charge < -0.3 is 4.74 Å². The fourth-order valence-electron chi connectivity index (χ4n) is 2.68. The Morgan fingerprint density at radius 1 is 1.50 bits per heavy atom. The molecule has 2 saturated heterocycles. The van der Waals surface area contributed by atoms with Crippen LogP contribution in [0.2, 0.25) is 0 Å². The maximum absolute atomic E-state index is 12.2. The van der Waals surface area contributed by atoms with Crippen LogP contribution in [-0.4, -0.2) is 49.4 Å². The van der Waals surface area contributed by atoms with Crippen molar-refractivity contribution >= 4 is 27.4 Å². The first-order valence-electron chi connectivity index (χ1n) is 6.28. The van der Waals surface area contributed by atoms with Crippen LogP contribution in [0.25, 0.3) is 0 Å². The predicted octanol–water partition coefficient (Wildman–Crippen LogP) is 1.29. The predicted molar refractivity (Wildman–Crippen MR) is 72.7 cm³/mol. The lowest BCUT2D eigenvalue weighted by atomic mass is 9.82. The van der Waals surface area contributed by atoms with Crippen molar-refractivity contribution in [3.05, 3.63) is 0 Å². The van der Waals surface area contributed by atoms with Crippen molar-refractivity contribution in [1.29, 1.82) is 0 Å². The summed E-state index contributed by atoms with van der Waals surface area (Å²) < 4.78 is 28.8. The van der Waals surface area contributed by atoms with Crippen LogP contribution in [0.3, 0.4) is 0 Å². The molecule has 0 amide bonds. The number of thioether (sulfide) groups is 1. The summed E-state index contributed by atoms with van der Waals surface area (Å²) in [4.78, 5) is 12.2. The highest BCUT2D eigenvalue weighted by molar-refractivity contribution is 7.99. The maximum Gasteiger partial charge on any atom is 0.157 e. The Morgan fingerprint density at radius 3 is 2.78 bits per heavy atom. The molecule has 0 aromatic carbocycles. The minimum absolute atomic E-state index is 0.128. The molecule has 3 atom stereocenters. The number of ketones is 1. The first-order chi connectivity index (χ1) is 8.34. The normalized spacial score (nSPS) is 34.7. The molecule has 2 heterocycles. The zero-order valence-electron chi connectivity index (χ0n) is 10.8. The number of sulfone groups is 1. The minimum atomic E-state index is -3.28. The van der Waals surface area contributed by atoms with E-state index in [1.165, 1.54) is 6.92 Å². The molecular weight excluding hydrogens is 272 g/mol. The second kappa shape index (κ2) is 5.13. The first-order valence-corrected chi connectivity index (χ1v) is 9.39. The molecule has 2 rings (SSSR count). The van der Waals surface area contributed by atoms with Crippen LogP contribution in [0.1, 0.15) is 26.2 Å². The maximum atomic E-state index is 12.2. The third kappa shape index (κ3) is 2.91. The van der Waals surface area contributed by atoms with E-state index in [-0.39, 0.29) is 17.3 Å². The number of rotatable bonds is 3. The molecule has 0 bridgehead atoms. The van der Waals surface area contributed by atoms with Gasteiger partial charge in [0.15, 0.2) is 15.6 Å². The van der Waals surface area contributed by atoms with Crippen molar-refractivity contribution in [2.75, 3.05) is 24.4 Å². The van der Waals surface area contributed by atoms with E-state index >= 15 is 0 Å². The summed E-state index contributed by atoms with van der Waals surface area (Å²) in [6, 6.07) is 0. The summed E-state index contributed by atoms with van der Waals surface area (Å²) in [5.74, 6) is 1.73. The highest BCUT2D eigenvalue weighted by atomic mass is 32.2. The Balaban J connectivity index is 2.07. The number of carbonyl (C=O) groups excluding carboxylic acids is 1. The molecule has 0 aromatic rings. The fraction of sp³-hybridized carbons (Fsp3) is 0.917. The molecule has 0 radical (unpaired) electrons. The van der Waals surface area contributed by atoms with Crippen LogP contribution in [0.5, 0.6) is 0 Å². The Morgan fingerprint density at radius 2 is 2.22 bits per heavy atom. The summed E-state index contributed by atoms with van der Waals surface area (Å²) in [7, 11) is -3.28. The van der Waals surface area contributed by atoms with E-state index in [4.69, 9.17) is 4.74 Å². The van der Waals surface area contributed by atoms with E-state index in [9.17, 15) is 13.2 Å². The Hall–Kier alpha value is -0.0700. The zero-order chi connectivity index (χ0) is 13.4. The van der Waals surface area contributed by atoms with Crippen molar-refractivity contribution in [3.8, 4) is 0 Å². The van der Waals surface area contributed by atoms with Crippen LogP contribution >= 0.6 is 11.8 Å². The average Bonchev–Trinajstić information content (AvgIpc) is 2.74. The largest absolute Gasteiger partial charge is 0.374 e. The minimum Gasteiger partial charge on any atom is -0.374 e. The highest BCUT2D eigenvalue weighted by Crippen LogP contribution is 2.41. The molecule has 0 aliphatic carbocycles. The summed E-state index contributed by atoms with van der Waals surface area (Å²) >= 11 is 1.85. The van der Waals surface area contributed by atoms with Gasteiger partial charge in [0.25, 0.3) is 0 Å². The van der Waals surface area contributed by atoms with E-state index in [1.54, 1.807) is 0 Å². The number of Topliss-reactive ketones (excluding diaryl/α,β-unsaturated/α-hetero) is 1. The number of ether oxygens (including phenoxy) is 1. The summed E-state index contributed by atoms with van der Waals surface area (Å²) in [6.07, 6.45) is 3.47. The number of hydrogen-bond acceptors (Lipinski definition) is 5. The molecule has 1 spiro atoms. The molecular formula is C12H20O4S2. The fourth-order valence-corrected chi connectivity index (χ4v) is 4.67. The molecule has 6 heteroatoms. The van der Waals surface area contributed by atoms with Gasteiger partial charge in [0, 0.05) is 24.5 Å². The van der Waals surface area contributed by atoms with Crippen molar-refractivity contribution < 1.29 is 17.9 Å². The van der Waals surface area contributed by atoms with Crippen molar-refractivity contribution in [1.82, 2.24) is 0 Å². The van der Waals surface area contributed by atoms with Crippen molar-refractivity contribution in [2.45, 2.75) is 37.0 Å². The number of carbonyl (C=O) groups is 1. The van der Waals surface area contributed by atoms with Crippen molar-refractivity contribution in [3.63, 3.8) is 0 Å². The van der Waals surface area contributed by atoms with Gasteiger partial charge in [0.2, 0.25) is 0 Å². The SMILES string of the molecule is CC(C(=O)C1CCOC2(CCSC2)C1)S(C)(=O)=O. The lowest BCUT2D eigenvalue weighted by Gasteiger charge is -2.37. The molecule has 18 heavy (non-hydrogen) atoms. The lowest BCUT2D eigenvalue weighted by molar-refractivity contribution is -0.133. The van der Waals surface area contributed by atoms with E-state index in [2.05, 4.69) is 0 Å². The Kier molecular flexibility index (Phi) is 4.09. The first kappa shape index (κ1) is 14.3. The van der Waals surface area contributed by atoms with Gasteiger partial charge in [-0.05, 0) is 31.9 Å². The van der Waals surface area contributed by atoms with Crippen LogP contribution in [-0.2, 0) is 19.4 Å². The highest BCUT2D eigenvalue weighted by Gasteiger charge is 2.44.